The Morgan fingerprint density at radius 2 is 1.76 bits per heavy atom. The largest absolute Gasteiger partial charge is 0.322 e. The fourth-order valence-electron chi connectivity index (χ4n) is 2.59. The summed E-state index contributed by atoms with van der Waals surface area (Å²) in [6.07, 6.45) is 0.774. The van der Waals surface area contributed by atoms with Crippen LogP contribution in [0.1, 0.15) is 22.8 Å². The SMILES string of the molecule is CCc1ccccc1NC(=O)c1ccc(-c2ccc(F)cc2)[nH]c1=O. The molecular formula is C20H17FN2O2. The first-order valence-corrected chi connectivity index (χ1v) is 7.97. The molecule has 3 aromatic rings. The van der Waals surface area contributed by atoms with Gasteiger partial charge in [-0.25, -0.2) is 4.39 Å². The molecule has 0 bridgehead atoms. The molecule has 2 N–H and O–H groups in total. The molecule has 126 valence electrons. The van der Waals surface area contributed by atoms with E-state index in [4.69, 9.17) is 0 Å². The number of rotatable bonds is 4. The summed E-state index contributed by atoms with van der Waals surface area (Å²) < 4.78 is 13.0. The maximum atomic E-state index is 13.0. The highest BCUT2D eigenvalue weighted by Crippen LogP contribution is 2.18. The molecule has 2 aromatic carbocycles. The van der Waals surface area contributed by atoms with E-state index in [2.05, 4.69) is 10.3 Å². The maximum Gasteiger partial charge on any atom is 0.261 e. The van der Waals surface area contributed by atoms with Crippen molar-refractivity contribution < 1.29 is 9.18 Å². The lowest BCUT2D eigenvalue weighted by Crippen LogP contribution is -2.23. The molecular weight excluding hydrogens is 319 g/mol. The van der Waals surface area contributed by atoms with Crippen LogP contribution in [0.5, 0.6) is 0 Å². The summed E-state index contributed by atoms with van der Waals surface area (Å²) >= 11 is 0. The zero-order valence-electron chi connectivity index (χ0n) is 13.7. The molecule has 0 aliphatic rings. The predicted molar refractivity (Wildman–Crippen MR) is 96.2 cm³/mol. The van der Waals surface area contributed by atoms with Gasteiger partial charge >= 0.3 is 0 Å². The van der Waals surface area contributed by atoms with Crippen LogP contribution in [0.3, 0.4) is 0 Å². The first kappa shape index (κ1) is 16.6. The van der Waals surface area contributed by atoms with Crippen molar-refractivity contribution in [3.63, 3.8) is 0 Å². The second-order valence-electron chi connectivity index (χ2n) is 5.59. The predicted octanol–water partition coefficient (Wildman–Crippen LogP) is 4.00. The molecule has 0 unspecified atom stereocenters. The van der Waals surface area contributed by atoms with Gasteiger partial charge in [-0.2, -0.15) is 0 Å². The van der Waals surface area contributed by atoms with Crippen molar-refractivity contribution in [2.75, 3.05) is 5.32 Å². The molecule has 0 aliphatic heterocycles. The van der Waals surface area contributed by atoms with Crippen LogP contribution in [0.15, 0.2) is 65.5 Å². The number of aromatic nitrogens is 1. The van der Waals surface area contributed by atoms with Gasteiger partial charge in [0.25, 0.3) is 11.5 Å². The third kappa shape index (κ3) is 3.66. The Morgan fingerprint density at radius 3 is 2.44 bits per heavy atom. The van der Waals surface area contributed by atoms with E-state index in [0.29, 0.717) is 16.9 Å². The summed E-state index contributed by atoms with van der Waals surface area (Å²) in [6.45, 7) is 2.00. The number of para-hydroxylation sites is 1. The quantitative estimate of drug-likeness (QED) is 0.756. The van der Waals surface area contributed by atoms with Crippen LogP contribution in [-0.2, 0) is 6.42 Å². The Morgan fingerprint density at radius 1 is 1.04 bits per heavy atom. The van der Waals surface area contributed by atoms with E-state index in [9.17, 15) is 14.0 Å². The number of amides is 1. The third-order valence-corrected chi connectivity index (χ3v) is 3.96. The number of benzene rings is 2. The van der Waals surface area contributed by atoms with Gasteiger partial charge in [0, 0.05) is 11.4 Å². The van der Waals surface area contributed by atoms with Crippen LogP contribution in [0.2, 0.25) is 0 Å². The summed E-state index contributed by atoms with van der Waals surface area (Å²) in [4.78, 5) is 27.4. The first-order valence-electron chi connectivity index (χ1n) is 7.97. The molecule has 4 nitrogen and oxygen atoms in total. The van der Waals surface area contributed by atoms with Gasteiger partial charge in [0.05, 0.1) is 0 Å². The lowest BCUT2D eigenvalue weighted by atomic mass is 10.1. The summed E-state index contributed by atoms with van der Waals surface area (Å²) in [6, 6.07) is 16.3. The van der Waals surface area contributed by atoms with Crippen molar-refractivity contribution in [3.8, 4) is 11.3 Å². The summed E-state index contributed by atoms with van der Waals surface area (Å²) in [7, 11) is 0. The van der Waals surface area contributed by atoms with Gasteiger partial charge in [0.2, 0.25) is 0 Å². The minimum absolute atomic E-state index is 0.0248. The van der Waals surface area contributed by atoms with E-state index < -0.39 is 11.5 Å². The van der Waals surface area contributed by atoms with E-state index in [1.165, 1.54) is 18.2 Å². The number of aryl methyl sites for hydroxylation is 1. The second-order valence-corrected chi connectivity index (χ2v) is 5.59. The standard InChI is InChI=1S/C20H17FN2O2/c1-2-13-5-3-4-6-17(13)22-19(24)16-11-12-18(23-20(16)25)14-7-9-15(21)10-8-14/h3-12H,2H2,1H3,(H,22,24)(H,23,25). The molecule has 1 aromatic heterocycles. The first-order chi connectivity index (χ1) is 12.1. The number of pyridine rings is 1. The number of nitrogens with one attached hydrogen (secondary N) is 2. The highest BCUT2D eigenvalue weighted by molar-refractivity contribution is 6.04. The Labute approximate surface area is 144 Å². The average molecular weight is 336 g/mol. The second kappa shape index (κ2) is 7.13. The van der Waals surface area contributed by atoms with Gasteiger partial charge in [-0.1, -0.05) is 25.1 Å². The number of carbonyl (C=O) groups is 1. The normalized spacial score (nSPS) is 10.5. The maximum absolute atomic E-state index is 13.0. The number of hydrogen-bond donors (Lipinski definition) is 2. The molecule has 25 heavy (non-hydrogen) atoms. The Hall–Kier alpha value is -3.21. The van der Waals surface area contributed by atoms with Gasteiger partial charge in [-0.05, 0) is 60.0 Å². The molecule has 0 fully saturated rings. The van der Waals surface area contributed by atoms with E-state index >= 15 is 0 Å². The molecule has 0 atom stereocenters. The monoisotopic (exact) mass is 336 g/mol. The van der Waals surface area contributed by atoms with E-state index in [0.717, 1.165) is 12.0 Å². The highest BCUT2D eigenvalue weighted by Gasteiger charge is 2.13. The summed E-state index contributed by atoms with van der Waals surface area (Å²) in [5.41, 5.74) is 2.41. The molecule has 0 saturated heterocycles. The number of hydrogen-bond acceptors (Lipinski definition) is 2. The zero-order valence-corrected chi connectivity index (χ0v) is 13.7. The van der Waals surface area contributed by atoms with Crippen molar-refractivity contribution in [1.29, 1.82) is 0 Å². The summed E-state index contributed by atoms with van der Waals surface area (Å²) in [5, 5.41) is 2.78. The van der Waals surface area contributed by atoms with Crippen molar-refractivity contribution in [2.24, 2.45) is 0 Å². The summed E-state index contributed by atoms with van der Waals surface area (Å²) in [5.74, 6) is -0.815. The molecule has 3 rings (SSSR count). The van der Waals surface area contributed by atoms with Gasteiger partial charge in [-0.15, -0.1) is 0 Å². The van der Waals surface area contributed by atoms with Crippen molar-refractivity contribution in [1.82, 2.24) is 4.98 Å². The smallest absolute Gasteiger partial charge is 0.261 e. The lowest BCUT2D eigenvalue weighted by molar-refractivity contribution is 0.102. The van der Waals surface area contributed by atoms with Crippen LogP contribution in [0, 0.1) is 5.82 Å². The van der Waals surface area contributed by atoms with Gasteiger partial charge in [0.15, 0.2) is 0 Å². The molecule has 0 saturated carbocycles. The topological polar surface area (TPSA) is 62.0 Å². The van der Waals surface area contributed by atoms with Gasteiger partial charge in [-0.3, -0.25) is 9.59 Å². The van der Waals surface area contributed by atoms with Gasteiger partial charge in [0.1, 0.15) is 11.4 Å². The van der Waals surface area contributed by atoms with Crippen LogP contribution in [-0.4, -0.2) is 10.9 Å². The van der Waals surface area contributed by atoms with Crippen molar-refractivity contribution in [2.45, 2.75) is 13.3 Å². The molecule has 0 radical (unpaired) electrons. The minimum atomic E-state index is -0.492. The Kier molecular flexibility index (Phi) is 4.75. The molecule has 0 spiro atoms. The van der Waals surface area contributed by atoms with E-state index in [1.807, 2.05) is 25.1 Å². The van der Waals surface area contributed by atoms with Crippen molar-refractivity contribution in [3.05, 3.63) is 88.0 Å². The number of aromatic amines is 1. The molecule has 1 amide bonds. The van der Waals surface area contributed by atoms with Crippen LogP contribution < -0.4 is 10.9 Å². The fourth-order valence-corrected chi connectivity index (χ4v) is 2.59. The third-order valence-electron chi connectivity index (χ3n) is 3.96. The molecule has 5 heteroatoms. The zero-order chi connectivity index (χ0) is 17.8. The fraction of sp³-hybridized carbons (Fsp3) is 0.100. The van der Waals surface area contributed by atoms with E-state index in [-0.39, 0.29) is 11.4 Å². The number of carbonyl (C=O) groups excluding carboxylic acids is 1. The highest BCUT2D eigenvalue weighted by atomic mass is 19.1. The van der Waals surface area contributed by atoms with Crippen molar-refractivity contribution >= 4 is 11.6 Å². The van der Waals surface area contributed by atoms with E-state index in [1.54, 1.807) is 24.3 Å². The Balaban J connectivity index is 1.87. The lowest BCUT2D eigenvalue weighted by Gasteiger charge is -2.09. The van der Waals surface area contributed by atoms with Crippen LogP contribution >= 0.6 is 0 Å². The minimum Gasteiger partial charge on any atom is -0.322 e. The van der Waals surface area contributed by atoms with Crippen LogP contribution in [0.4, 0.5) is 10.1 Å². The molecule has 0 aliphatic carbocycles. The molecule has 1 heterocycles. The van der Waals surface area contributed by atoms with Gasteiger partial charge < -0.3 is 10.3 Å². The number of halogens is 1. The average Bonchev–Trinajstić information content (AvgIpc) is 2.62. The number of anilines is 1. The van der Waals surface area contributed by atoms with Crippen LogP contribution in [0.25, 0.3) is 11.3 Å². The number of H-pyrrole nitrogens is 1. The Bertz CT molecular complexity index is 962.